The van der Waals surface area contributed by atoms with E-state index < -0.39 is 38.4 Å². The van der Waals surface area contributed by atoms with Crippen LogP contribution in [0.3, 0.4) is 0 Å². The van der Waals surface area contributed by atoms with E-state index in [1.165, 1.54) is 6.33 Å². The molecule has 0 bridgehead atoms. The van der Waals surface area contributed by atoms with Crippen molar-refractivity contribution in [3.63, 3.8) is 0 Å². The van der Waals surface area contributed by atoms with Crippen LogP contribution in [0, 0.1) is 22.7 Å². The average molecular weight is 509 g/mol. The molecule has 2 aromatic heterocycles. The summed E-state index contributed by atoms with van der Waals surface area (Å²) in [6, 6.07) is 3.73. The van der Waals surface area contributed by atoms with Crippen molar-refractivity contribution < 1.29 is 28.0 Å². The maximum absolute atomic E-state index is 13.1. The van der Waals surface area contributed by atoms with Gasteiger partial charge in [-0.25, -0.2) is 9.55 Å². The Bertz CT molecular complexity index is 1150. The van der Waals surface area contributed by atoms with E-state index >= 15 is 0 Å². The Balaban J connectivity index is 1.80. The first-order valence-electron chi connectivity index (χ1n) is 11.2. The van der Waals surface area contributed by atoms with E-state index in [0.717, 1.165) is 12.8 Å². The average Bonchev–Trinajstić information content (AvgIpc) is 3.43. The number of hydrogen-bond acceptors (Lipinski definition) is 12. The lowest BCUT2D eigenvalue weighted by molar-refractivity contribution is -0.0451. The van der Waals surface area contributed by atoms with Crippen LogP contribution in [0.15, 0.2) is 11.1 Å². The molecule has 1 aliphatic rings. The van der Waals surface area contributed by atoms with Crippen LogP contribution in [0.4, 0.5) is 5.95 Å². The number of aliphatic hydroxyl groups is 1. The van der Waals surface area contributed by atoms with Gasteiger partial charge < -0.3 is 15.2 Å². The van der Waals surface area contributed by atoms with Crippen LogP contribution in [0.1, 0.15) is 45.3 Å². The van der Waals surface area contributed by atoms with Crippen molar-refractivity contribution in [2.45, 2.75) is 57.5 Å². The van der Waals surface area contributed by atoms with Gasteiger partial charge in [0.2, 0.25) is 5.95 Å². The molecule has 0 saturated carbocycles. The monoisotopic (exact) mass is 509 g/mol. The number of fused-ring (bicyclic) bond motifs is 1. The zero-order chi connectivity index (χ0) is 25.3. The van der Waals surface area contributed by atoms with Crippen molar-refractivity contribution in [2.75, 3.05) is 31.7 Å². The molecule has 1 saturated heterocycles. The van der Waals surface area contributed by atoms with Gasteiger partial charge in [0.25, 0.3) is 5.56 Å². The Morgan fingerprint density at radius 2 is 2.06 bits per heavy atom. The van der Waals surface area contributed by atoms with Crippen LogP contribution in [0.5, 0.6) is 0 Å². The smallest absolute Gasteiger partial charge is 0.394 e. The molecule has 0 aliphatic carbocycles. The number of imidazole rings is 1. The summed E-state index contributed by atoms with van der Waals surface area (Å²) < 4.78 is 36.6. The number of unbranched alkanes of at least 4 members (excludes halogenated alkanes) is 1. The standard InChI is InChI=1S/C20H28N7O7P/c1-2-3-8-23-20-25-18-17(19(29)26-20)24-13-27(18)16-11-14(15(12-28)33-16)34-35(30,31-9-4-6-21)32-10-5-7-22/h13-16,28H,2-5,8-12H2,1H3,(H2,23,25,26,29)/t14-,15+,16+/m0/s1. The van der Waals surface area contributed by atoms with Crippen molar-refractivity contribution in [3.05, 3.63) is 16.7 Å². The van der Waals surface area contributed by atoms with Crippen LogP contribution >= 0.6 is 7.82 Å². The van der Waals surface area contributed by atoms with Gasteiger partial charge >= 0.3 is 7.82 Å². The summed E-state index contributed by atoms with van der Waals surface area (Å²) in [6.45, 7) is 1.82. The maximum Gasteiger partial charge on any atom is 0.475 e. The third-order valence-corrected chi connectivity index (χ3v) is 6.64. The molecule has 0 aromatic carbocycles. The van der Waals surface area contributed by atoms with Crippen LogP contribution in [0.25, 0.3) is 11.2 Å². The number of aliphatic hydroxyl groups excluding tert-OH is 1. The molecular weight excluding hydrogens is 481 g/mol. The Morgan fingerprint density at radius 3 is 2.69 bits per heavy atom. The largest absolute Gasteiger partial charge is 0.475 e. The highest BCUT2D eigenvalue weighted by Gasteiger charge is 2.43. The summed E-state index contributed by atoms with van der Waals surface area (Å²) in [5.41, 5.74) is -0.0303. The van der Waals surface area contributed by atoms with Crippen molar-refractivity contribution in [3.8, 4) is 12.1 Å². The molecule has 0 unspecified atom stereocenters. The topological polar surface area (TPSA) is 197 Å². The summed E-state index contributed by atoms with van der Waals surface area (Å²) in [5.74, 6) is 0.295. The fraction of sp³-hybridized carbons (Fsp3) is 0.650. The molecule has 35 heavy (non-hydrogen) atoms. The van der Waals surface area contributed by atoms with Gasteiger partial charge in [-0.1, -0.05) is 13.3 Å². The number of ether oxygens (including phenoxy) is 1. The van der Waals surface area contributed by atoms with Gasteiger partial charge in [-0.3, -0.25) is 27.9 Å². The van der Waals surface area contributed by atoms with Crippen molar-refractivity contribution >= 4 is 24.9 Å². The lowest BCUT2D eigenvalue weighted by Crippen LogP contribution is -2.27. The minimum Gasteiger partial charge on any atom is -0.394 e. The molecule has 0 spiro atoms. The number of rotatable bonds is 14. The van der Waals surface area contributed by atoms with E-state index in [1.807, 2.05) is 19.1 Å². The SMILES string of the molecule is CCCCNc1nc2c(ncn2[C@H]2C[C@H](OP(=O)(OCCC#N)OCCC#N)[C@@H](CO)O2)c(=O)[nH]1. The summed E-state index contributed by atoms with van der Waals surface area (Å²) in [5, 5.41) is 30.4. The molecule has 190 valence electrons. The number of phosphoric ester groups is 1. The third-order valence-electron chi connectivity index (χ3n) is 5.12. The predicted octanol–water partition coefficient (Wildman–Crippen LogP) is 1.97. The highest BCUT2D eigenvalue weighted by molar-refractivity contribution is 7.48. The molecule has 2 aromatic rings. The van der Waals surface area contributed by atoms with Crippen LogP contribution in [-0.2, 0) is 22.9 Å². The van der Waals surface area contributed by atoms with Crippen LogP contribution in [0.2, 0.25) is 0 Å². The first-order valence-corrected chi connectivity index (χ1v) is 12.7. The second-order valence-corrected chi connectivity index (χ2v) is 9.26. The zero-order valence-corrected chi connectivity index (χ0v) is 20.1. The first kappa shape index (κ1) is 26.8. The predicted molar refractivity (Wildman–Crippen MR) is 122 cm³/mol. The van der Waals surface area contributed by atoms with Gasteiger partial charge in [0.05, 0.1) is 51.1 Å². The van der Waals surface area contributed by atoms with Gasteiger partial charge in [-0.15, -0.1) is 0 Å². The third kappa shape index (κ3) is 6.86. The van der Waals surface area contributed by atoms with Crippen molar-refractivity contribution in [1.82, 2.24) is 19.5 Å². The number of hydrogen-bond donors (Lipinski definition) is 3. The maximum atomic E-state index is 13.1. The number of H-pyrrole nitrogens is 1. The number of nitrogens with zero attached hydrogens (tertiary/aromatic N) is 5. The molecule has 0 amide bonds. The molecule has 3 heterocycles. The van der Waals surface area contributed by atoms with Crippen LogP contribution < -0.4 is 10.9 Å². The minimum atomic E-state index is -4.16. The van der Waals surface area contributed by atoms with Gasteiger partial charge in [0, 0.05) is 13.0 Å². The molecule has 3 atom stereocenters. The summed E-state index contributed by atoms with van der Waals surface area (Å²) >= 11 is 0. The van der Waals surface area contributed by atoms with Crippen molar-refractivity contribution in [2.24, 2.45) is 0 Å². The van der Waals surface area contributed by atoms with E-state index in [4.69, 9.17) is 28.8 Å². The summed E-state index contributed by atoms with van der Waals surface area (Å²) in [4.78, 5) is 23.7. The zero-order valence-electron chi connectivity index (χ0n) is 19.3. The Labute approximate surface area is 201 Å². The molecule has 0 radical (unpaired) electrons. The summed E-state index contributed by atoms with van der Waals surface area (Å²) in [6.07, 6.45) is 0.740. The van der Waals surface area contributed by atoms with E-state index in [9.17, 15) is 14.5 Å². The Hall–Kier alpha value is -2.84. The van der Waals surface area contributed by atoms with Gasteiger partial charge in [0.15, 0.2) is 11.2 Å². The Kier molecular flexibility index (Phi) is 9.74. The molecule has 15 heteroatoms. The van der Waals surface area contributed by atoms with E-state index in [-0.39, 0.29) is 43.6 Å². The second-order valence-electron chi connectivity index (χ2n) is 7.64. The number of nitriles is 2. The molecular formula is C20H28N7O7P. The van der Waals surface area contributed by atoms with Crippen LogP contribution in [-0.4, -0.2) is 63.2 Å². The fourth-order valence-electron chi connectivity index (χ4n) is 3.42. The van der Waals surface area contributed by atoms with Gasteiger partial charge in [-0.2, -0.15) is 15.5 Å². The number of nitrogens with one attached hydrogen (secondary N) is 2. The fourth-order valence-corrected chi connectivity index (χ4v) is 4.80. The highest BCUT2D eigenvalue weighted by Crippen LogP contribution is 2.53. The van der Waals surface area contributed by atoms with Gasteiger partial charge in [-0.05, 0) is 6.42 Å². The molecule has 1 fully saturated rings. The number of aromatic amines is 1. The normalized spacial score (nSPS) is 20.1. The lowest BCUT2D eigenvalue weighted by atomic mass is 10.2. The summed E-state index contributed by atoms with van der Waals surface area (Å²) in [7, 11) is -4.16. The highest BCUT2D eigenvalue weighted by atomic mass is 31.2. The number of anilines is 1. The molecule has 3 rings (SSSR count). The Morgan fingerprint density at radius 1 is 1.34 bits per heavy atom. The van der Waals surface area contributed by atoms with E-state index in [0.29, 0.717) is 12.5 Å². The van der Waals surface area contributed by atoms with E-state index in [1.54, 1.807) is 4.57 Å². The first-order chi connectivity index (χ1) is 16.9. The quantitative estimate of drug-likeness (QED) is 0.247. The minimum absolute atomic E-state index is 0.0436. The van der Waals surface area contributed by atoms with Crippen molar-refractivity contribution in [1.29, 1.82) is 10.5 Å². The molecule has 3 N–H and O–H groups in total. The van der Waals surface area contributed by atoms with Gasteiger partial charge in [0.1, 0.15) is 18.4 Å². The molecule has 1 aliphatic heterocycles. The number of aromatic nitrogens is 4. The molecule has 14 nitrogen and oxygen atoms in total. The van der Waals surface area contributed by atoms with E-state index in [2.05, 4.69) is 20.3 Å². The second kappa shape index (κ2) is 12.7. The number of phosphoric acid groups is 1. The lowest BCUT2D eigenvalue weighted by Gasteiger charge is -2.22.